The van der Waals surface area contributed by atoms with Crippen molar-refractivity contribution in [2.45, 2.75) is 111 Å². The normalized spacial score (nSPS) is 19.8. The van der Waals surface area contributed by atoms with Crippen LogP contribution in [0.15, 0.2) is 64.1 Å². The van der Waals surface area contributed by atoms with Gasteiger partial charge >= 0.3 is 0 Å². The molecule has 4 amide bonds. The first kappa shape index (κ1) is 50.6. The molecule has 5 N–H and O–H groups in total. The van der Waals surface area contributed by atoms with Crippen LogP contribution in [0.1, 0.15) is 92.7 Å². The highest BCUT2D eigenvalue weighted by atomic mass is 35.5. The van der Waals surface area contributed by atoms with Gasteiger partial charge in [0.1, 0.15) is 35.7 Å². The lowest BCUT2D eigenvalue weighted by Gasteiger charge is -2.35. The standard InChI is InChI=1S/C49H62ClN9O7S2/c1-27-30(4)68-48-41(27)42(33-14-16-35(50)17-15-33)54-37(45-57-56-31(5)59(45)48)23-39(61)51-18-21-65-19-9-20-66-25-40(62)55-44(49(6,7)8)47(64)58-24-36(60)22-38(58)46(63)53-28(2)32-10-12-34(13-11-32)43-29(3)52-26-67-43/h10-17,26,28,36-38,44-45,57,60H,9,18-25H2,1-8H3,(H,51,61)(H,53,63)(H,55,62)/t28-,36+,37-,38-,44+,45?/m0/s1. The number of aliphatic hydroxyl groups is 1. The number of hydrogen-bond acceptors (Lipinski definition) is 14. The molecule has 19 heteroatoms. The van der Waals surface area contributed by atoms with E-state index >= 15 is 0 Å². The number of carbonyl (C=O) groups excluding carboxylic acids is 4. The molecule has 364 valence electrons. The number of aromatic nitrogens is 1. The fraction of sp³-hybridized carbons (Fsp3) is 0.490. The Morgan fingerprint density at radius 2 is 1.66 bits per heavy atom. The van der Waals surface area contributed by atoms with Crippen LogP contribution in [0.4, 0.5) is 5.00 Å². The van der Waals surface area contributed by atoms with Gasteiger partial charge in [-0.15, -0.1) is 22.7 Å². The first-order valence-corrected chi connectivity index (χ1v) is 25.0. The lowest BCUT2D eigenvalue weighted by Crippen LogP contribution is -2.58. The number of hydrogen-bond donors (Lipinski definition) is 5. The van der Waals surface area contributed by atoms with E-state index in [1.807, 2.05) is 95.6 Å². The van der Waals surface area contributed by atoms with Gasteiger partial charge in [0.2, 0.25) is 23.6 Å². The highest BCUT2D eigenvalue weighted by Crippen LogP contribution is 2.42. The molecule has 68 heavy (non-hydrogen) atoms. The van der Waals surface area contributed by atoms with Crippen LogP contribution in [0.5, 0.6) is 0 Å². The molecular formula is C49H62ClN9O7S2. The van der Waals surface area contributed by atoms with Gasteiger partial charge in [-0.05, 0) is 75.3 Å². The molecule has 1 saturated heterocycles. The third-order valence-corrected chi connectivity index (χ3v) is 14.9. The number of ether oxygens (including phenoxy) is 2. The van der Waals surface area contributed by atoms with E-state index in [4.69, 9.17) is 26.1 Å². The maximum Gasteiger partial charge on any atom is 0.246 e. The van der Waals surface area contributed by atoms with Crippen molar-refractivity contribution >= 4 is 74.5 Å². The number of hydrazone groups is 1. The molecule has 0 saturated carbocycles. The number of aryl methyl sites for hydroxylation is 2. The number of β-amino-alcohol motifs (C(OH)–C–C–N with tert-alkyl or cyclic N) is 1. The zero-order valence-corrected chi connectivity index (χ0v) is 42.2. The molecule has 2 aromatic heterocycles. The summed E-state index contributed by atoms with van der Waals surface area (Å²) in [5, 5.41) is 25.6. The molecular weight excluding hydrogens is 926 g/mol. The number of amidine groups is 1. The maximum atomic E-state index is 14.1. The molecule has 0 bridgehead atoms. The number of nitrogens with zero attached hydrogens (tertiary/aromatic N) is 5. The van der Waals surface area contributed by atoms with Crippen LogP contribution in [0, 0.1) is 26.2 Å². The van der Waals surface area contributed by atoms with Crippen LogP contribution < -0.4 is 26.3 Å². The fourth-order valence-corrected chi connectivity index (χ4v) is 10.8. The molecule has 0 radical (unpaired) electrons. The summed E-state index contributed by atoms with van der Waals surface area (Å²) >= 11 is 9.51. The van der Waals surface area contributed by atoms with Crippen molar-refractivity contribution in [2.24, 2.45) is 15.5 Å². The SMILES string of the molecule is CC1=NNC2[C@H](CC(=O)NCCOCCCOCC(=O)N[C@H](C(=O)N3C[C@H](O)C[C@H]3C(=O)N[C@@H](C)c3ccc(-c4scnc4C)cc3)C(C)(C)C)N=C(c3ccc(Cl)cc3)c3c(sc(C)c3C)N12. The second-order valence-corrected chi connectivity index (χ2v) is 21.1. The van der Waals surface area contributed by atoms with E-state index in [0.717, 1.165) is 54.9 Å². The topological polar surface area (TPSA) is 199 Å². The van der Waals surface area contributed by atoms with Crippen LogP contribution in [-0.2, 0) is 28.7 Å². The van der Waals surface area contributed by atoms with Gasteiger partial charge in [-0.1, -0.05) is 68.8 Å². The van der Waals surface area contributed by atoms with E-state index in [9.17, 15) is 24.3 Å². The average Bonchev–Trinajstić information content (AvgIpc) is 4.07. The van der Waals surface area contributed by atoms with E-state index in [0.29, 0.717) is 24.6 Å². The van der Waals surface area contributed by atoms with E-state index in [-0.39, 0.29) is 63.2 Å². The van der Waals surface area contributed by atoms with Gasteiger partial charge in [-0.3, -0.25) is 34.5 Å². The Balaban J connectivity index is 0.835. The zero-order valence-electron chi connectivity index (χ0n) is 39.9. The molecule has 2 aromatic carbocycles. The summed E-state index contributed by atoms with van der Waals surface area (Å²) in [6.45, 7) is 16.3. The van der Waals surface area contributed by atoms with Gasteiger partial charge in [0.15, 0.2) is 0 Å². The van der Waals surface area contributed by atoms with Gasteiger partial charge in [-0.25, -0.2) is 4.98 Å². The van der Waals surface area contributed by atoms with Crippen LogP contribution in [0.3, 0.4) is 0 Å². The largest absolute Gasteiger partial charge is 0.391 e. The minimum atomic E-state index is -0.981. The van der Waals surface area contributed by atoms with Crippen molar-refractivity contribution in [3.8, 4) is 10.4 Å². The van der Waals surface area contributed by atoms with E-state index in [2.05, 4.69) is 50.2 Å². The Morgan fingerprint density at radius 3 is 2.35 bits per heavy atom. The first-order chi connectivity index (χ1) is 32.4. The lowest BCUT2D eigenvalue weighted by molar-refractivity contribution is -0.144. The second kappa shape index (κ2) is 22.0. The molecule has 3 aliphatic rings. The molecule has 4 aromatic rings. The number of amides is 4. The highest BCUT2D eigenvalue weighted by molar-refractivity contribution is 7.17. The number of rotatable bonds is 18. The zero-order chi connectivity index (χ0) is 48.9. The summed E-state index contributed by atoms with van der Waals surface area (Å²) in [6, 6.07) is 12.8. The Labute approximate surface area is 410 Å². The summed E-state index contributed by atoms with van der Waals surface area (Å²) in [4.78, 5) is 69.6. The number of carbonyl (C=O) groups is 4. The summed E-state index contributed by atoms with van der Waals surface area (Å²) in [5.41, 5.74) is 11.1. The lowest BCUT2D eigenvalue weighted by atomic mass is 9.85. The van der Waals surface area contributed by atoms with E-state index < -0.39 is 41.5 Å². The number of aliphatic imine (C=N–C) groups is 1. The van der Waals surface area contributed by atoms with Crippen molar-refractivity contribution in [1.82, 2.24) is 31.3 Å². The summed E-state index contributed by atoms with van der Waals surface area (Å²) in [6.07, 6.45) is -0.523. The smallest absolute Gasteiger partial charge is 0.246 e. The van der Waals surface area contributed by atoms with Gasteiger partial charge in [0, 0.05) is 53.8 Å². The number of aliphatic hydroxyl groups excluding tert-OH is 1. The fourth-order valence-electron chi connectivity index (χ4n) is 8.62. The van der Waals surface area contributed by atoms with Crippen molar-refractivity contribution in [2.75, 3.05) is 44.4 Å². The van der Waals surface area contributed by atoms with Gasteiger partial charge in [0.25, 0.3) is 0 Å². The van der Waals surface area contributed by atoms with Gasteiger partial charge in [-0.2, -0.15) is 5.10 Å². The monoisotopic (exact) mass is 987 g/mol. The molecule has 5 heterocycles. The number of thiazole rings is 1. The number of anilines is 1. The van der Waals surface area contributed by atoms with Crippen molar-refractivity contribution < 1.29 is 33.8 Å². The number of halogens is 1. The third kappa shape index (κ3) is 11.8. The van der Waals surface area contributed by atoms with Gasteiger partial charge < -0.3 is 35.4 Å². The van der Waals surface area contributed by atoms with Crippen LogP contribution in [0.2, 0.25) is 5.02 Å². The van der Waals surface area contributed by atoms with Crippen LogP contribution >= 0.6 is 34.3 Å². The van der Waals surface area contributed by atoms with Crippen LogP contribution in [0.25, 0.3) is 10.4 Å². The second-order valence-electron chi connectivity index (χ2n) is 18.6. The number of thiophene rings is 1. The molecule has 1 unspecified atom stereocenters. The summed E-state index contributed by atoms with van der Waals surface area (Å²) in [5.74, 6) is -0.673. The van der Waals surface area contributed by atoms with Gasteiger partial charge in [0.05, 0.1) is 53.0 Å². The van der Waals surface area contributed by atoms with Crippen molar-refractivity contribution in [1.29, 1.82) is 0 Å². The molecule has 6 atom stereocenters. The molecule has 0 aliphatic carbocycles. The maximum absolute atomic E-state index is 14.1. The molecule has 0 spiro atoms. The van der Waals surface area contributed by atoms with E-state index in [1.54, 1.807) is 22.7 Å². The number of nitrogens with one attached hydrogen (secondary N) is 4. The molecule has 16 nitrogen and oxygen atoms in total. The Hall–Kier alpha value is -5.24. The van der Waals surface area contributed by atoms with Crippen molar-refractivity contribution in [3.63, 3.8) is 0 Å². The molecule has 1 fully saturated rings. The minimum absolute atomic E-state index is 0.0280. The Kier molecular flexibility index (Phi) is 16.4. The summed E-state index contributed by atoms with van der Waals surface area (Å²) in [7, 11) is 0. The number of fused-ring (bicyclic) bond motifs is 3. The predicted molar refractivity (Wildman–Crippen MR) is 267 cm³/mol. The average molecular weight is 989 g/mol. The first-order valence-electron chi connectivity index (χ1n) is 22.9. The number of benzene rings is 2. The molecule has 3 aliphatic heterocycles. The van der Waals surface area contributed by atoms with Crippen LogP contribution in [-0.4, -0.2) is 120 Å². The quantitative estimate of drug-likeness (QED) is 0.0733. The minimum Gasteiger partial charge on any atom is -0.391 e. The Morgan fingerprint density at radius 1 is 0.956 bits per heavy atom. The number of likely N-dealkylation sites (tertiary alicyclic amines) is 1. The van der Waals surface area contributed by atoms with E-state index in [1.165, 1.54) is 9.78 Å². The molecule has 7 rings (SSSR count). The van der Waals surface area contributed by atoms with Crippen molar-refractivity contribution in [3.05, 3.63) is 91.9 Å². The summed E-state index contributed by atoms with van der Waals surface area (Å²) < 4.78 is 11.4. The predicted octanol–water partition coefficient (Wildman–Crippen LogP) is 6.04. The third-order valence-electron chi connectivity index (χ3n) is 12.4. The Bertz CT molecular complexity index is 2520. The highest BCUT2D eigenvalue weighted by Gasteiger charge is 2.45.